The van der Waals surface area contributed by atoms with Gasteiger partial charge >= 0.3 is 0 Å². The molecule has 26 heavy (non-hydrogen) atoms. The van der Waals surface area contributed by atoms with E-state index in [2.05, 4.69) is 22.1 Å². The van der Waals surface area contributed by atoms with E-state index in [1.54, 1.807) is 12.3 Å². The van der Waals surface area contributed by atoms with Crippen molar-refractivity contribution in [3.8, 4) is 11.5 Å². The average Bonchev–Trinajstić information content (AvgIpc) is 3.18. The van der Waals surface area contributed by atoms with Gasteiger partial charge in [0.25, 0.3) is 5.89 Å². The lowest BCUT2D eigenvalue weighted by Crippen LogP contribution is -2.09. The molecule has 0 saturated heterocycles. The van der Waals surface area contributed by atoms with Gasteiger partial charge in [-0.2, -0.15) is 0 Å². The molecule has 0 amide bonds. The Morgan fingerprint density at radius 2 is 1.85 bits per heavy atom. The maximum absolute atomic E-state index is 12.2. The van der Waals surface area contributed by atoms with E-state index in [4.69, 9.17) is 4.42 Å². The van der Waals surface area contributed by atoms with Crippen LogP contribution in [-0.4, -0.2) is 27.0 Å². The third kappa shape index (κ3) is 5.10. The number of aliphatic hydroxyl groups is 1. The highest BCUT2D eigenvalue weighted by Crippen LogP contribution is 2.19. The predicted octanol–water partition coefficient (Wildman–Crippen LogP) is 4.08. The summed E-state index contributed by atoms with van der Waals surface area (Å²) in [5.74, 6) is 0.434. The van der Waals surface area contributed by atoms with Crippen LogP contribution in [0.25, 0.3) is 11.5 Å². The summed E-state index contributed by atoms with van der Waals surface area (Å²) < 4.78 is 5.51. The van der Waals surface area contributed by atoms with Gasteiger partial charge in [-0.3, -0.25) is 9.78 Å². The highest BCUT2D eigenvalue weighted by molar-refractivity contribution is 5.91. The first-order valence-corrected chi connectivity index (χ1v) is 8.85. The van der Waals surface area contributed by atoms with Gasteiger partial charge in [-0.1, -0.05) is 36.4 Å². The zero-order chi connectivity index (χ0) is 18.2. The molecule has 1 aromatic carbocycles. The molecule has 5 heteroatoms. The summed E-state index contributed by atoms with van der Waals surface area (Å²) in [7, 11) is 0. The van der Waals surface area contributed by atoms with Crippen LogP contribution in [-0.2, 0) is 6.42 Å². The molecule has 3 rings (SSSR count). The third-order valence-electron chi connectivity index (χ3n) is 4.21. The number of carbonyl (C=O) groups excluding carboxylic acids is 1. The van der Waals surface area contributed by atoms with Crippen LogP contribution in [0.2, 0.25) is 0 Å². The van der Waals surface area contributed by atoms with Crippen LogP contribution in [0.4, 0.5) is 0 Å². The summed E-state index contributed by atoms with van der Waals surface area (Å²) in [5.41, 5.74) is 1.86. The highest BCUT2D eigenvalue weighted by atomic mass is 16.4. The Kier molecular flexibility index (Phi) is 6.28. The number of oxazole rings is 1. The molecule has 3 aromatic rings. The minimum Gasteiger partial charge on any atom is -0.432 e. The van der Waals surface area contributed by atoms with Gasteiger partial charge < -0.3 is 9.52 Å². The van der Waals surface area contributed by atoms with Crippen LogP contribution in [0.3, 0.4) is 0 Å². The van der Waals surface area contributed by atoms with Crippen LogP contribution in [0.5, 0.6) is 0 Å². The SMILES string of the molecule is O=C(CCCC(O)CCc1ccccc1)c1ncc(-c2ccccn2)o1. The van der Waals surface area contributed by atoms with E-state index in [1.807, 2.05) is 30.3 Å². The number of rotatable bonds is 9. The Balaban J connectivity index is 1.42. The minimum atomic E-state index is -0.406. The fraction of sp³-hybridized carbons (Fsp3) is 0.286. The van der Waals surface area contributed by atoms with Gasteiger partial charge in [-0.15, -0.1) is 0 Å². The van der Waals surface area contributed by atoms with Crippen LogP contribution >= 0.6 is 0 Å². The molecule has 0 fully saturated rings. The fourth-order valence-corrected chi connectivity index (χ4v) is 2.76. The molecule has 2 aromatic heterocycles. The van der Waals surface area contributed by atoms with E-state index in [1.165, 1.54) is 11.8 Å². The van der Waals surface area contributed by atoms with Crippen molar-refractivity contribution in [1.29, 1.82) is 0 Å². The molecule has 1 unspecified atom stereocenters. The highest BCUT2D eigenvalue weighted by Gasteiger charge is 2.15. The summed E-state index contributed by atoms with van der Waals surface area (Å²) >= 11 is 0. The second kappa shape index (κ2) is 9.06. The quantitative estimate of drug-likeness (QED) is 0.588. The zero-order valence-electron chi connectivity index (χ0n) is 14.5. The van der Waals surface area contributed by atoms with Crippen LogP contribution in [0, 0.1) is 0 Å². The van der Waals surface area contributed by atoms with Crippen molar-refractivity contribution in [3.63, 3.8) is 0 Å². The summed E-state index contributed by atoms with van der Waals surface area (Å²) in [6.45, 7) is 0. The van der Waals surface area contributed by atoms with Crippen LogP contribution < -0.4 is 0 Å². The molecule has 2 heterocycles. The number of carbonyl (C=O) groups is 1. The van der Waals surface area contributed by atoms with E-state index < -0.39 is 6.10 Å². The second-order valence-electron chi connectivity index (χ2n) is 6.24. The van der Waals surface area contributed by atoms with Crippen molar-refractivity contribution < 1.29 is 14.3 Å². The first-order valence-electron chi connectivity index (χ1n) is 8.85. The van der Waals surface area contributed by atoms with Gasteiger partial charge in [0, 0.05) is 12.6 Å². The van der Waals surface area contributed by atoms with Gasteiger partial charge in [-0.05, 0) is 43.4 Å². The summed E-state index contributed by atoms with van der Waals surface area (Å²) in [6, 6.07) is 15.5. The van der Waals surface area contributed by atoms with Crippen LogP contribution in [0.15, 0.2) is 65.3 Å². The molecule has 0 radical (unpaired) electrons. The number of hydrogen-bond acceptors (Lipinski definition) is 5. The normalized spacial score (nSPS) is 12.0. The summed E-state index contributed by atoms with van der Waals surface area (Å²) in [6.07, 6.45) is 5.81. The van der Waals surface area contributed by atoms with E-state index in [-0.39, 0.29) is 11.7 Å². The van der Waals surface area contributed by atoms with Crippen molar-refractivity contribution in [2.45, 2.75) is 38.2 Å². The average molecular weight is 350 g/mol. The number of nitrogens with zero attached hydrogens (tertiary/aromatic N) is 2. The maximum Gasteiger partial charge on any atom is 0.263 e. The Labute approximate surface area is 152 Å². The Morgan fingerprint density at radius 1 is 1.04 bits per heavy atom. The molecule has 0 saturated carbocycles. The zero-order valence-corrected chi connectivity index (χ0v) is 14.5. The van der Waals surface area contributed by atoms with Crippen molar-refractivity contribution >= 4 is 5.78 Å². The van der Waals surface area contributed by atoms with Gasteiger partial charge in [0.15, 0.2) is 5.76 Å². The molecular weight excluding hydrogens is 328 g/mol. The van der Waals surface area contributed by atoms with Gasteiger partial charge in [-0.25, -0.2) is 4.98 Å². The Bertz CT molecular complexity index is 816. The summed E-state index contributed by atoms with van der Waals surface area (Å²) in [4.78, 5) is 20.4. The lowest BCUT2D eigenvalue weighted by atomic mass is 10.0. The number of ketones is 1. The molecule has 0 aliphatic heterocycles. The van der Waals surface area contributed by atoms with Gasteiger partial charge in [0.1, 0.15) is 5.69 Å². The topological polar surface area (TPSA) is 76.2 Å². The van der Waals surface area contributed by atoms with Gasteiger partial charge in [0.05, 0.1) is 12.3 Å². The van der Waals surface area contributed by atoms with Crippen molar-refractivity contribution in [3.05, 3.63) is 72.4 Å². The smallest absolute Gasteiger partial charge is 0.263 e. The number of benzene rings is 1. The number of hydrogen-bond donors (Lipinski definition) is 1. The molecule has 0 aliphatic rings. The fourth-order valence-electron chi connectivity index (χ4n) is 2.76. The Morgan fingerprint density at radius 3 is 2.62 bits per heavy atom. The Hall–Kier alpha value is -2.79. The van der Waals surface area contributed by atoms with Gasteiger partial charge in [0.2, 0.25) is 5.78 Å². The predicted molar refractivity (Wildman–Crippen MR) is 98.7 cm³/mol. The van der Waals surface area contributed by atoms with Crippen molar-refractivity contribution in [2.24, 2.45) is 0 Å². The van der Waals surface area contributed by atoms with E-state index in [9.17, 15) is 9.90 Å². The molecule has 134 valence electrons. The van der Waals surface area contributed by atoms with E-state index >= 15 is 0 Å². The molecule has 1 atom stereocenters. The first-order chi connectivity index (χ1) is 12.7. The molecule has 0 bridgehead atoms. The number of aryl methyl sites for hydroxylation is 1. The number of pyridine rings is 1. The lowest BCUT2D eigenvalue weighted by molar-refractivity contribution is 0.0934. The standard InChI is InChI=1S/C21H22N2O3/c24-17(13-12-16-7-2-1-3-8-16)9-6-11-19(25)21-23-15-20(26-21)18-10-4-5-14-22-18/h1-5,7-8,10,14-15,17,24H,6,9,11-13H2. The molecule has 1 N–H and O–H groups in total. The first kappa shape index (κ1) is 18.0. The lowest BCUT2D eigenvalue weighted by Gasteiger charge is -2.09. The number of Topliss-reactive ketones (excluding diaryl/α,β-unsaturated/α-hetero) is 1. The monoisotopic (exact) mass is 350 g/mol. The number of aromatic nitrogens is 2. The molecular formula is C21H22N2O3. The van der Waals surface area contributed by atoms with Crippen LogP contribution in [0.1, 0.15) is 41.9 Å². The van der Waals surface area contributed by atoms with Crippen molar-refractivity contribution in [1.82, 2.24) is 9.97 Å². The van der Waals surface area contributed by atoms with E-state index in [0.717, 1.165) is 6.42 Å². The number of aliphatic hydroxyl groups excluding tert-OH is 1. The molecule has 0 aliphatic carbocycles. The second-order valence-corrected chi connectivity index (χ2v) is 6.24. The largest absolute Gasteiger partial charge is 0.432 e. The summed E-state index contributed by atoms with van der Waals surface area (Å²) in [5, 5.41) is 10.1. The van der Waals surface area contributed by atoms with Crippen molar-refractivity contribution in [2.75, 3.05) is 0 Å². The minimum absolute atomic E-state index is 0.101. The maximum atomic E-state index is 12.2. The molecule has 5 nitrogen and oxygen atoms in total. The third-order valence-corrected chi connectivity index (χ3v) is 4.21. The van der Waals surface area contributed by atoms with E-state index in [0.29, 0.717) is 37.1 Å². The molecule has 0 spiro atoms.